The van der Waals surface area contributed by atoms with Crippen LogP contribution in [0, 0.1) is 10.1 Å². The van der Waals surface area contributed by atoms with Gasteiger partial charge in [0.15, 0.2) is 0 Å². The van der Waals surface area contributed by atoms with Crippen LogP contribution in [-0.2, 0) is 11.3 Å². The molecule has 3 rings (SSSR count). The van der Waals surface area contributed by atoms with Crippen LogP contribution >= 0.6 is 11.6 Å². The van der Waals surface area contributed by atoms with Gasteiger partial charge >= 0.3 is 0 Å². The summed E-state index contributed by atoms with van der Waals surface area (Å²) in [6, 6.07) is 12.7. The van der Waals surface area contributed by atoms with Gasteiger partial charge in [-0.05, 0) is 30.2 Å². The molecule has 6 nitrogen and oxygen atoms in total. The average molecular weight is 376 g/mol. The monoisotopic (exact) mass is 375 g/mol. The minimum absolute atomic E-state index is 0.0752. The van der Waals surface area contributed by atoms with Crippen LogP contribution in [-0.4, -0.2) is 37.1 Å². The first-order valence-electron chi connectivity index (χ1n) is 8.51. The van der Waals surface area contributed by atoms with Crippen molar-refractivity contribution in [1.29, 1.82) is 0 Å². The maximum atomic E-state index is 11.2. The lowest BCUT2D eigenvalue weighted by atomic mass is 10.1. The van der Waals surface area contributed by atoms with Crippen LogP contribution in [0.25, 0.3) is 0 Å². The molecule has 1 fully saturated rings. The Morgan fingerprint density at radius 3 is 2.65 bits per heavy atom. The summed E-state index contributed by atoms with van der Waals surface area (Å²) >= 11 is 5.97. The topological polar surface area (TPSA) is 58.9 Å². The van der Waals surface area contributed by atoms with Crippen molar-refractivity contribution in [3.05, 3.63) is 68.7 Å². The molecular weight excluding hydrogens is 354 g/mol. The molecule has 7 heteroatoms. The van der Waals surface area contributed by atoms with Crippen molar-refractivity contribution in [2.24, 2.45) is 0 Å². The largest absolute Gasteiger partial charge is 0.377 e. The Labute approximate surface area is 158 Å². The Morgan fingerprint density at radius 2 is 2.00 bits per heavy atom. The molecule has 1 aliphatic heterocycles. The number of anilines is 1. The lowest BCUT2D eigenvalue weighted by Gasteiger charge is -2.37. The van der Waals surface area contributed by atoms with Gasteiger partial charge in [0.05, 0.1) is 11.5 Å². The van der Waals surface area contributed by atoms with Crippen molar-refractivity contribution < 1.29 is 9.66 Å². The van der Waals surface area contributed by atoms with Gasteiger partial charge in [0.2, 0.25) is 0 Å². The standard InChI is InChI=1S/C19H22ClN3O3/c1-21(2)18-9-8-16(23(24)25)12-17(18)19-22(10-3-11-26-19)13-14-4-6-15(20)7-5-14/h4-9,12,19H,3,10-11,13H2,1-2H3. The van der Waals surface area contributed by atoms with Gasteiger partial charge in [-0.2, -0.15) is 0 Å². The van der Waals surface area contributed by atoms with E-state index in [2.05, 4.69) is 4.90 Å². The number of benzene rings is 2. The summed E-state index contributed by atoms with van der Waals surface area (Å²) in [6.45, 7) is 2.19. The first-order valence-corrected chi connectivity index (χ1v) is 8.89. The van der Waals surface area contributed by atoms with Gasteiger partial charge in [-0.15, -0.1) is 0 Å². The van der Waals surface area contributed by atoms with Gasteiger partial charge in [-0.3, -0.25) is 15.0 Å². The zero-order valence-electron chi connectivity index (χ0n) is 14.9. The summed E-state index contributed by atoms with van der Waals surface area (Å²) in [5.74, 6) is 0. The molecule has 26 heavy (non-hydrogen) atoms. The van der Waals surface area contributed by atoms with E-state index < -0.39 is 0 Å². The van der Waals surface area contributed by atoms with Crippen molar-refractivity contribution in [2.45, 2.75) is 19.2 Å². The number of rotatable bonds is 5. The maximum absolute atomic E-state index is 11.2. The molecule has 0 spiro atoms. The van der Waals surface area contributed by atoms with Crippen LogP contribution in [0.4, 0.5) is 11.4 Å². The van der Waals surface area contributed by atoms with Gasteiger partial charge in [0.1, 0.15) is 6.23 Å². The van der Waals surface area contributed by atoms with Gasteiger partial charge in [0.25, 0.3) is 5.69 Å². The molecule has 0 aromatic heterocycles. The van der Waals surface area contributed by atoms with E-state index in [1.54, 1.807) is 12.1 Å². The summed E-state index contributed by atoms with van der Waals surface area (Å²) in [6.07, 6.45) is 0.604. The average Bonchev–Trinajstić information content (AvgIpc) is 2.63. The van der Waals surface area contributed by atoms with Crippen LogP contribution in [0.15, 0.2) is 42.5 Å². The second-order valence-corrected chi connectivity index (χ2v) is 7.00. The lowest BCUT2D eigenvalue weighted by Crippen LogP contribution is -2.37. The fourth-order valence-electron chi connectivity index (χ4n) is 3.22. The van der Waals surface area contributed by atoms with Crippen molar-refractivity contribution in [1.82, 2.24) is 4.90 Å². The zero-order chi connectivity index (χ0) is 18.7. The first-order chi connectivity index (χ1) is 12.5. The fourth-order valence-corrected chi connectivity index (χ4v) is 3.34. The molecule has 1 unspecified atom stereocenters. The number of halogens is 1. The van der Waals surface area contributed by atoms with Gasteiger partial charge in [0, 0.05) is 55.6 Å². The predicted molar refractivity (Wildman–Crippen MR) is 103 cm³/mol. The Kier molecular flexibility index (Phi) is 5.76. The summed E-state index contributed by atoms with van der Waals surface area (Å²) in [5.41, 5.74) is 2.94. The van der Waals surface area contributed by atoms with Crippen LogP contribution in [0.5, 0.6) is 0 Å². The number of hydrogen-bond acceptors (Lipinski definition) is 5. The minimum atomic E-state index is -0.366. The summed E-state index contributed by atoms with van der Waals surface area (Å²) in [4.78, 5) is 15.0. The number of nitro benzene ring substituents is 1. The molecule has 1 aliphatic rings. The summed E-state index contributed by atoms with van der Waals surface area (Å²) in [7, 11) is 3.86. The van der Waals surface area contributed by atoms with E-state index in [1.165, 1.54) is 6.07 Å². The predicted octanol–water partition coefficient (Wildman–Crippen LogP) is 4.24. The molecule has 1 atom stereocenters. The second kappa shape index (κ2) is 8.03. The van der Waals surface area contributed by atoms with Crippen LogP contribution in [0.2, 0.25) is 5.02 Å². The highest BCUT2D eigenvalue weighted by Crippen LogP contribution is 2.36. The Morgan fingerprint density at radius 1 is 1.27 bits per heavy atom. The Hall–Kier alpha value is -2.15. The van der Waals surface area contributed by atoms with Crippen molar-refractivity contribution >= 4 is 23.0 Å². The summed E-state index contributed by atoms with van der Waals surface area (Å²) in [5, 5.41) is 11.9. The Balaban J connectivity index is 1.94. The van der Waals surface area contributed by atoms with E-state index in [9.17, 15) is 10.1 Å². The number of nitro groups is 1. The molecule has 0 aliphatic carbocycles. The highest BCUT2D eigenvalue weighted by atomic mass is 35.5. The van der Waals surface area contributed by atoms with Crippen molar-refractivity contribution in [3.8, 4) is 0 Å². The van der Waals surface area contributed by atoms with E-state index >= 15 is 0 Å². The lowest BCUT2D eigenvalue weighted by molar-refractivity contribution is -0.385. The van der Waals surface area contributed by atoms with Crippen LogP contribution < -0.4 is 4.90 Å². The third-order valence-corrected chi connectivity index (χ3v) is 4.72. The third-order valence-electron chi connectivity index (χ3n) is 4.47. The number of ether oxygens (including phenoxy) is 1. The van der Waals surface area contributed by atoms with E-state index in [-0.39, 0.29) is 16.8 Å². The molecular formula is C19H22ClN3O3. The molecule has 0 saturated carbocycles. The molecule has 1 saturated heterocycles. The van der Waals surface area contributed by atoms with Gasteiger partial charge in [-0.1, -0.05) is 23.7 Å². The maximum Gasteiger partial charge on any atom is 0.270 e. The first kappa shape index (κ1) is 18.6. The molecule has 0 bridgehead atoms. The van der Waals surface area contributed by atoms with E-state index in [4.69, 9.17) is 16.3 Å². The molecule has 2 aromatic rings. The molecule has 1 heterocycles. The minimum Gasteiger partial charge on any atom is -0.377 e. The van der Waals surface area contributed by atoms with Crippen molar-refractivity contribution in [3.63, 3.8) is 0 Å². The molecule has 0 N–H and O–H groups in total. The zero-order valence-corrected chi connectivity index (χ0v) is 15.6. The van der Waals surface area contributed by atoms with E-state index in [0.29, 0.717) is 18.2 Å². The fraction of sp³-hybridized carbons (Fsp3) is 0.368. The van der Waals surface area contributed by atoms with Crippen molar-refractivity contribution in [2.75, 3.05) is 32.1 Å². The van der Waals surface area contributed by atoms with Gasteiger partial charge < -0.3 is 9.64 Å². The smallest absolute Gasteiger partial charge is 0.270 e. The van der Waals surface area contributed by atoms with Crippen LogP contribution in [0.1, 0.15) is 23.8 Å². The van der Waals surface area contributed by atoms with E-state index in [1.807, 2.05) is 43.3 Å². The highest BCUT2D eigenvalue weighted by Gasteiger charge is 2.29. The number of hydrogen-bond donors (Lipinski definition) is 0. The molecule has 138 valence electrons. The molecule has 2 aromatic carbocycles. The van der Waals surface area contributed by atoms with Gasteiger partial charge in [-0.25, -0.2) is 0 Å². The Bertz CT molecular complexity index is 780. The SMILES string of the molecule is CN(C)c1ccc([N+](=O)[O-])cc1C1OCCCN1Cc1ccc(Cl)cc1. The quantitative estimate of drug-likeness (QED) is 0.578. The summed E-state index contributed by atoms with van der Waals surface area (Å²) < 4.78 is 6.05. The van der Waals surface area contributed by atoms with E-state index in [0.717, 1.165) is 29.8 Å². The number of non-ortho nitro benzene ring substituents is 1. The molecule has 0 amide bonds. The van der Waals surface area contributed by atoms with Crippen LogP contribution in [0.3, 0.4) is 0 Å². The number of nitrogens with zero attached hydrogens (tertiary/aromatic N) is 3. The normalized spacial score (nSPS) is 17.9. The second-order valence-electron chi connectivity index (χ2n) is 6.57. The third kappa shape index (κ3) is 4.15. The molecule has 0 radical (unpaired) electrons. The highest BCUT2D eigenvalue weighted by molar-refractivity contribution is 6.30.